The molecule has 0 aliphatic heterocycles. The second kappa shape index (κ2) is 5.42. The minimum Gasteiger partial charge on any atom is -0.198 e. The molecule has 1 aromatic rings. The predicted octanol–water partition coefficient (Wildman–Crippen LogP) is 4.35. The standard InChI is InChI=1S/C15H17NS/c1-11(17-2)13-8-7-12-5-3-4-6-14(10-16)15(12)9-13/h7-9,14H,1,3-6H2,2H3. The van der Waals surface area contributed by atoms with Crippen LogP contribution >= 0.6 is 11.8 Å². The van der Waals surface area contributed by atoms with Crippen molar-refractivity contribution in [2.75, 3.05) is 6.26 Å². The highest BCUT2D eigenvalue weighted by Gasteiger charge is 2.18. The fourth-order valence-corrected chi connectivity index (χ4v) is 2.75. The van der Waals surface area contributed by atoms with Crippen molar-refractivity contribution >= 4 is 16.7 Å². The highest BCUT2D eigenvalue weighted by atomic mass is 32.2. The first kappa shape index (κ1) is 12.3. The Hall–Kier alpha value is -1.20. The maximum Gasteiger partial charge on any atom is 0.0715 e. The van der Waals surface area contributed by atoms with Crippen LogP contribution in [0, 0.1) is 11.3 Å². The zero-order chi connectivity index (χ0) is 12.3. The number of fused-ring (bicyclic) bond motifs is 1. The van der Waals surface area contributed by atoms with Crippen LogP contribution in [-0.4, -0.2) is 6.26 Å². The highest BCUT2D eigenvalue weighted by Crippen LogP contribution is 2.33. The normalized spacial score (nSPS) is 18.9. The number of nitriles is 1. The van der Waals surface area contributed by atoms with Crippen LogP contribution in [0.1, 0.15) is 41.9 Å². The molecule has 0 spiro atoms. The molecule has 0 saturated heterocycles. The molecule has 0 bridgehead atoms. The summed E-state index contributed by atoms with van der Waals surface area (Å²) < 4.78 is 0. The van der Waals surface area contributed by atoms with Crippen molar-refractivity contribution in [3.05, 3.63) is 41.5 Å². The van der Waals surface area contributed by atoms with Gasteiger partial charge in [-0.1, -0.05) is 25.1 Å². The van der Waals surface area contributed by atoms with Gasteiger partial charge in [0, 0.05) is 4.91 Å². The average Bonchev–Trinajstić information content (AvgIpc) is 2.58. The third-order valence-corrected chi connectivity index (χ3v) is 4.16. The van der Waals surface area contributed by atoms with E-state index in [-0.39, 0.29) is 5.92 Å². The van der Waals surface area contributed by atoms with E-state index in [1.54, 1.807) is 11.8 Å². The molecule has 1 nitrogen and oxygen atoms in total. The number of thioether (sulfide) groups is 1. The Morgan fingerprint density at radius 3 is 3.00 bits per heavy atom. The molecule has 0 N–H and O–H groups in total. The maximum absolute atomic E-state index is 9.27. The van der Waals surface area contributed by atoms with Crippen LogP contribution in [0.5, 0.6) is 0 Å². The van der Waals surface area contributed by atoms with Gasteiger partial charge in [-0.3, -0.25) is 0 Å². The Morgan fingerprint density at radius 1 is 1.47 bits per heavy atom. The van der Waals surface area contributed by atoms with Gasteiger partial charge in [-0.25, -0.2) is 0 Å². The van der Waals surface area contributed by atoms with Gasteiger partial charge in [0.05, 0.1) is 12.0 Å². The second-order valence-electron chi connectivity index (χ2n) is 4.47. The van der Waals surface area contributed by atoms with Crippen LogP contribution in [0.3, 0.4) is 0 Å². The molecule has 1 unspecified atom stereocenters. The number of rotatable bonds is 2. The Kier molecular flexibility index (Phi) is 3.91. The Balaban J connectivity index is 2.44. The van der Waals surface area contributed by atoms with E-state index in [0.717, 1.165) is 24.2 Å². The summed E-state index contributed by atoms with van der Waals surface area (Å²) in [6, 6.07) is 8.94. The summed E-state index contributed by atoms with van der Waals surface area (Å²) in [5.74, 6) is 0.0714. The third kappa shape index (κ3) is 2.56. The van der Waals surface area contributed by atoms with Crippen LogP contribution in [0.2, 0.25) is 0 Å². The lowest BCUT2D eigenvalue weighted by Gasteiger charge is -2.13. The number of hydrogen-bond donors (Lipinski definition) is 0. The molecule has 1 atom stereocenters. The van der Waals surface area contributed by atoms with E-state index in [1.165, 1.54) is 23.1 Å². The van der Waals surface area contributed by atoms with E-state index in [9.17, 15) is 5.26 Å². The molecule has 0 amide bonds. The van der Waals surface area contributed by atoms with Gasteiger partial charge in [0.2, 0.25) is 0 Å². The molecular formula is C15H17NS. The lowest BCUT2D eigenvalue weighted by atomic mass is 9.92. The van der Waals surface area contributed by atoms with Crippen molar-refractivity contribution in [3.8, 4) is 6.07 Å². The minimum atomic E-state index is 0.0714. The Bertz CT molecular complexity index is 470. The van der Waals surface area contributed by atoms with Gasteiger partial charge in [0.1, 0.15) is 0 Å². The average molecular weight is 243 g/mol. The largest absolute Gasteiger partial charge is 0.198 e. The van der Waals surface area contributed by atoms with Gasteiger partial charge in [0.25, 0.3) is 0 Å². The van der Waals surface area contributed by atoms with Crippen LogP contribution in [0.4, 0.5) is 0 Å². The van der Waals surface area contributed by atoms with Crippen molar-refractivity contribution in [2.45, 2.75) is 31.6 Å². The smallest absolute Gasteiger partial charge is 0.0715 e. The third-order valence-electron chi connectivity index (χ3n) is 3.43. The topological polar surface area (TPSA) is 23.8 Å². The molecular weight excluding hydrogens is 226 g/mol. The van der Waals surface area contributed by atoms with Crippen molar-refractivity contribution in [2.24, 2.45) is 0 Å². The molecule has 0 aromatic heterocycles. The molecule has 88 valence electrons. The van der Waals surface area contributed by atoms with Gasteiger partial charge in [-0.2, -0.15) is 5.26 Å². The lowest BCUT2D eigenvalue weighted by molar-refractivity contribution is 0.676. The van der Waals surface area contributed by atoms with E-state index < -0.39 is 0 Å². The van der Waals surface area contributed by atoms with Gasteiger partial charge in [-0.15, -0.1) is 11.8 Å². The van der Waals surface area contributed by atoms with Crippen LogP contribution in [-0.2, 0) is 6.42 Å². The van der Waals surface area contributed by atoms with Crippen molar-refractivity contribution in [3.63, 3.8) is 0 Å². The quantitative estimate of drug-likeness (QED) is 0.721. The van der Waals surface area contributed by atoms with Gasteiger partial charge in [-0.05, 0) is 48.3 Å². The van der Waals surface area contributed by atoms with Crippen LogP contribution in [0.25, 0.3) is 4.91 Å². The van der Waals surface area contributed by atoms with E-state index in [0.29, 0.717) is 0 Å². The monoisotopic (exact) mass is 243 g/mol. The SMILES string of the molecule is C=C(SC)c1ccc2c(c1)C(C#N)CCCC2. The summed E-state index contributed by atoms with van der Waals surface area (Å²) in [5.41, 5.74) is 3.75. The second-order valence-corrected chi connectivity index (χ2v) is 5.37. The predicted molar refractivity (Wildman–Crippen MR) is 74.9 cm³/mol. The number of hydrogen-bond acceptors (Lipinski definition) is 2. The van der Waals surface area contributed by atoms with Crippen molar-refractivity contribution < 1.29 is 0 Å². The van der Waals surface area contributed by atoms with Gasteiger partial charge in [0.15, 0.2) is 0 Å². The van der Waals surface area contributed by atoms with E-state index >= 15 is 0 Å². The zero-order valence-electron chi connectivity index (χ0n) is 10.2. The van der Waals surface area contributed by atoms with E-state index in [4.69, 9.17) is 0 Å². The Labute approximate surface area is 108 Å². The maximum atomic E-state index is 9.27. The molecule has 1 aromatic carbocycles. The lowest BCUT2D eigenvalue weighted by Crippen LogP contribution is -1.98. The number of nitrogens with zero attached hydrogens (tertiary/aromatic N) is 1. The summed E-state index contributed by atoms with van der Waals surface area (Å²) in [7, 11) is 0. The molecule has 2 rings (SSSR count). The molecule has 0 fully saturated rings. The highest BCUT2D eigenvalue weighted by molar-refractivity contribution is 8.07. The van der Waals surface area contributed by atoms with Gasteiger partial charge >= 0.3 is 0 Å². The fraction of sp³-hybridized carbons (Fsp3) is 0.400. The Morgan fingerprint density at radius 2 is 2.29 bits per heavy atom. The zero-order valence-corrected chi connectivity index (χ0v) is 11.0. The molecule has 17 heavy (non-hydrogen) atoms. The molecule has 1 aliphatic rings. The summed E-state index contributed by atoms with van der Waals surface area (Å²) in [6.45, 7) is 4.05. The number of benzene rings is 1. The fourth-order valence-electron chi connectivity index (χ4n) is 2.39. The van der Waals surface area contributed by atoms with Crippen molar-refractivity contribution in [1.29, 1.82) is 5.26 Å². The van der Waals surface area contributed by atoms with E-state index in [2.05, 4.69) is 30.8 Å². The summed E-state index contributed by atoms with van der Waals surface area (Å²) in [5, 5.41) is 9.27. The summed E-state index contributed by atoms with van der Waals surface area (Å²) in [6.07, 6.45) is 6.51. The molecule has 2 heteroatoms. The molecule has 0 heterocycles. The van der Waals surface area contributed by atoms with Gasteiger partial charge < -0.3 is 0 Å². The first-order chi connectivity index (χ1) is 8.26. The minimum absolute atomic E-state index is 0.0714. The molecule has 1 aliphatic carbocycles. The first-order valence-electron chi connectivity index (χ1n) is 6.02. The first-order valence-corrected chi connectivity index (χ1v) is 7.24. The van der Waals surface area contributed by atoms with Crippen LogP contribution in [0.15, 0.2) is 24.8 Å². The summed E-state index contributed by atoms with van der Waals surface area (Å²) >= 11 is 1.67. The summed E-state index contributed by atoms with van der Waals surface area (Å²) in [4.78, 5) is 1.08. The van der Waals surface area contributed by atoms with Crippen molar-refractivity contribution in [1.82, 2.24) is 0 Å². The molecule has 0 radical (unpaired) electrons. The van der Waals surface area contributed by atoms with Crippen LogP contribution < -0.4 is 0 Å². The van der Waals surface area contributed by atoms with E-state index in [1.807, 2.05) is 6.26 Å². The number of aryl methyl sites for hydroxylation is 1. The molecule has 0 saturated carbocycles.